The van der Waals surface area contributed by atoms with Crippen LogP contribution in [0.5, 0.6) is 0 Å². The quantitative estimate of drug-likeness (QED) is 0.292. The zero-order valence-corrected chi connectivity index (χ0v) is 22.9. The molecule has 180 valence electrons. The third kappa shape index (κ3) is 4.88. The van der Waals surface area contributed by atoms with Crippen LogP contribution in [0.25, 0.3) is 27.3 Å². The fourth-order valence-corrected chi connectivity index (χ4v) is 6.95. The van der Waals surface area contributed by atoms with Crippen LogP contribution in [0, 0.1) is 18.3 Å². The lowest BCUT2D eigenvalue weighted by molar-refractivity contribution is 0.433. The summed E-state index contributed by atoms with van der Waals surface area (Å²) in [5.41, 5.74) is 3.77. The molecular weight excluding hydrogens is 547 g/mol. The van der Waals surface area contributed by atoms with Crippen molar-refractivity contribution in [1.29, 1.82) is 5.26 Å². The second-order valence-electron chi connectivity index (χ2n) is 9.16. The van der Waals surface area contributed by atoms with Gasteiger partial charge in [-0.15, -0.1) is 10.2 Å². The number of anilines is 1. The van der Waals surface area contributed by atoms with E-state index in [1.54, 1.807) is 10.9 Å². The number of nitriles is 1. The van der Waals surface area contributed by atoms with Crippen LogP contribution in [0.1, 0.15) is 29.8 Å². The molecule has 0 saturated heterocycles. The molecule has 0 aliphatic heterocycles. The van der Waals surface area contributed by atoms with Gasteiger partial charge in [0.15, 0.2) is 5.65 Å². The molecule has 5 rings (SSSR count). The zero-order chi connectivity index (χ0) is 24.7. The third-order valence-electron chi connectivity index (χ3n) is 6.30. The zero-order valence-electron chi connectivity index (χ0n) is 19.6. The van der Waals surface area contributed by atoms with Gasteiger partial charge in [-0.05, 0) is 79.2 Å². The van der Waals surface area contributed by atoms with Crippen molar-refractivity contribution in [2.45, 2.75) is 44.3 Å². The molecule has 1 aromatic carbocycles. The molecule has 3 heterocycles. The molecule has 0 bridgehead atoms. The largest absolute Gasteiger partial charge is 0.351 e. The smallest absolute Gasteiger partial charge is 0.224 e. The monoisotopic (exact) mass is 570 g/mol. The van der Waals surface area contributed by atoms with Crippen molar-refractivity contribution in [2.75, 3.05) is 18.6 Å². The number of benzene rings is 1. The summed E-state index contributed by atoms with van der Waals surface area (Å²) in [6, 6.07) is 8.47. The van der Waals surface area contributed by atoms with E-state index in [-0.39, 0.29) is 11.7 Å². The van der Waals surface area contributed by atoms with Crippen LogP contribution in [-0.2, 0) is 11.0 Å². The van der Waals surface area contributed by atoms with E-state index < -0.39 is 7.14 Å². The first-order valence-corrected chi connectivity index (χ1v) is 15.5. The van der Waals surface area contributed by atoms with Gasteiger partial charge in [0, 0.05) is 29.9 Å². The summed E-state index contributed by atoms with van der Waals surface area (Å²) in [5.74, 6) is 0.530. The Balaban J connectivity index is 1.48. The van der Waals surface area contributed by atoms with Crippen molar-refractivity contribution in [1.82, 2.24) is 29.9 Å². The van der Waals surface area contributed by atoms with Gasteiger partial charge < -0.3 is 9.88 Å². The van der Waals surface area contributed by atoms with E-state index in [0.717, 1.165) is 45.1 Å². The predicted molar refractivity (Wildman–Crippen MR) is 142 cm³/mol. The molecule has 0 unspecified atom stereocenters. The van der Waals surface area contributed by atoms with E-state index in [9.17, 15) is 9.83 Å². The van der Waals surface area contributed by atoms with Crippen LogP contribution >= 0.6 is 34.4 Å². The molecule has 0 atom stereocenters. The number of halogens is 1. The standard InChI is InChI=1S/C23H24BrN8OPS/c1-13-29-30-22(35-13)18-7-6-16(9-14(18)5-4-8-25)32-21-19(20(24)31-32)12-26-23(28-21)27-15-10-17(11-15)34(2,3)33/h6-7,9,12,15,17H,4-5,10-11H2,1-3H3,(H,26,27,28). The fraction of sp³-hybridized carbons (Fsp3) is 0.391. The Bertz CT molecular complexity index is 1500. The maximum Gasteiger partial charge on any atom is 0.224 e. The molecule has 1 fully saturated rings. The van der Waals surface area contributed by atoms with Crippen LogP contribution in [0.3, 0.4) is 0 Å². The lowest BCUT2D eigenvalue weighted by Gasteiger charge is -2.38. The van der Waals surface area contributed by atoms with Crippen molar-refractivity contribution in [3.8, 4) is 22.3 Å². The molecule has 1 aliphatic rings. The topological polar surface area (TPSA) is 122 Å². The first kappa shape index (κ1) is 24.0. The molecule has 3 aromatic heterocycles. The Morgan fingerprint density at radius 1 is 1.31 bits per heavy atom. The number of hydrogen-bond acceptors (Lipinski definition) is 9. The first-order chi connectivity index (χ1) is 16.7. The molecule has 1 saturated carbocycles. The molecule has 9 nitrogen and oxygen atoms in total. The number of nitrogens with one attached hydrogen (secondary N) is 1. The van der Waals surface area contributed by atoms with Crippen LogP contribution in [0.2, 0.25) is 0 Å². The summed E-state index contributed by atoms with van der Waals surface area (Å²) in [4.78, 5) is 9.24. The highest BCUT2D eigenvalue weighted by atomic mass is 79.9. The van der Waals surface area contributed by atoms with E-state index in [1.807, 2.05) is 38.5 Å². The fourth-order valence-electron chi connectivity index (χ4n) is 4.24. The average molecular weight is 571 g/mol. The Kier molecular flexibility index (Phi) is 6.47. The summed E-state index contributed by atoms with van der Waals surface area (Å²) >= 11 is 5.07. The predicted octanol–water partition coefficient (Wildman–Crippen LogP) is 5.43. The summed E-state index contributed by atoms with van der Waals surface area (Å²) in [6.07, 6.45) is 4.49. The molecule has 0 radical (unpaired) electrons. The van der Waals surface area contributed by atoms with Gasteiger partial charge in [0.2, 0.25) is 5.95 Å². The van der Waals surface area contributed by atoms with Gasteiger partial charge in [0.1, 0.15) is 14.6 Å². The van der Waals surface area contributed by atoms with Gasteiger partial charge >= 0.3 is 0 Å². The lowest BCUT2D eigenvalue weighted by atomic mass is 9.92. The van der Waals surface area contributed by atoms with Gasteiger partial charge in [-0.3, -0.25) is 0 Å². The number of rotatable bonds is 7. The SMILES string of the molecule is Cc1nnc(-c2ccc(-n3nc(Br)c4cnc(NC5CC(P(C)(C)=O)C5)nc43)cc2CCC#N)s1. The summed E-state index contributed by atoms with van der Waals surface area (Å²) in [5, 5.41) is 28.2. The van der Waals surface area contributed by atoms with Gasteiger partial charge in [-0.25, -0.2) is 9.67 Å². The highest BCUT2D eigenvalue weighted by molar-refractivity contribution is 9.10. The van der Waals surface area contributed by atoms with Crippen molar-refractivity contribution >= 4 is 51.4 Å². The first-order valence-electron chi connectivity index (χ1n) is 11.3. The molecule has 35 heavy (non-hydrogen) atoms. The molecule has 1 N–H and O–H groups in total. The highest BCUT2D eigenvalue weighted by Gasteiger charge is 2.37. The minimum absolute atomic E-state index is 0.220. The summed E-state index contributed by atoms with van der Waals surface area (Å²) in [6.45, 7) is 5.64. The van der Waals surface area contributed by atoms with Crippen molar-refractivity contribution in [3.05, 3.63) is 39.6 Å². The molecule has 0 spiro atoms. The number of nitrogens with zero attached hydrogens (tertiary/aromatic N) is 7. The van der Waals surface area contributed by atoms with E-state index >= 15 is 0 Å². The minimum atomic E-state index is -2.06. The van der Waals surface area contributed by atoms with Crippen LogP contribution in [0.4, 0.5) is 5.95 Å². The molecule has 0 amide bonds. The normalized spacial score (nSPS) is 17.8. The van der Waals surface area contributed by atoms with Crippen molar-refractivity contribution in [2.24, 2.45) is 0 Å². The van der Waals surface area contributed by atoms with E-state index in [1.165, 1.54) is 11.3 Å². The molecule has 4 aromatic rings. The van der Waals surface area contributed by atoms with Crippen molar-refractivity contribution < 1.29 is 4.57 Å². The average Bonchev–Trinajstić information content (AvgIpc) is 3.36. The Hall–Kier alpha value is -2.67. The third-order valence-corrected chi connectivity index (χ3v) is 9.94. The van der Waals surface area contributed by atoms with Crippen LogP contribution in [0.15, 0.2) is 29.0 Å². The molecule has 12 heteroatoms. The Labute approximate surface area is 215 Å². The Morgan fingerprint density at radius 3 is 2.80 bits per heavy atom. The molecular formula is C23H24BrN8OPS. The van der Waals surface area contributed by atoms with Crippen molar-refractivity contribution in [3.63, 3.8) is 0 Å². The van der Waals surface area contributed by atoms with Gasteiger partial charge in [-0.2, -0.15) is 15.3 Å². The van der Waals surface area contributed by atoms with E-state index in [2.05, 4.69) is 47.6 Å². The Morgan fingerprint density at radius 2 is 2.11 bits per heavy atom. The maximum atomic E-state index is 12.3. The highest BCUT2D eigenvalue weighted by Crippen LogP contribution is 2.52. The van der Waals surface area contributed by atoms with Gasteiger partial charge in [0.25, 0.3) is 0 Å². The maximum absolute atomic E-state index is 12.3. The second kappa shape index (κ2) is 9.41. The second-order valence-corrected chi connectivity index (χ2v) is 14.7. The number of fused-ring (bicyclic) bond motifs is 1. The summed E-state index contributed by atoms with van der Waals surface area (Å²) in [7, 11) is -2.06. The van der Waals surface area contributed by atoms with Gasteiger partial charge in [0.05, 0.1) is 24.3 Å². The summed E-state index contributed by atoms with van der Waals surface area (Å²) < 4.78 is 14.7. The van der Waals surface area contributed by atoms with Crippen LogP contribution in [-0.4, -0.2) is 55.0 Å². The number of aromatic nitrogens is 6. The van der Waals surface area contributed by atoms with Crippen LogP contribution < -0.4 is 5.32 Å². The van der Waals surface area contributed by atoms with Gasteiger partial charge in [-0.1, -0.05) is 11.3 Å². The lowest BCUT2D eigenvalue weighted by Crippen LogP contribution is -2.39. The van der Waals surface area contributed by atoms with E-state index in [0.29, 0.717) is 29.0 Å². The number of aryl methyl sites for hydroxylation is 2. The minimum Gasteiger partial charge on any atom is -0.351 e. The molecule has 1 aliphatic carbocycles. The van der Waals surface area contributed by atoms with E-state index in [4.69, 9.17) is 4.98 Å². The number of hydrogen-bond donors (Lipinski definition) is 1.